The van der Waals surface area contributed by atoms with E-state index >= 15 is 0 Å². The number of fused-ring (bicyclic) bond motifs is 2. The van der Waals surface area contributed by atoms with Crippen molar-refractivity contribution in [3.05, 3.63) is 94.3 Å². The lowest BCUT2D eigenvalue weighted by Crippen LogP contribution is -2.53. The summed E-state index contributed by atoms with van der Waals surface area (Å²) in [6.45, 7) is 3.86. The Morgan fingerprint density at radius 1 is 1.15 bits per heavy atom. The third kappa shape index (κ3) is 4.40. The Bertz CT molecular complexity index is 1220. The zero-order chi connectivity index (χ0) is 22.9. The first-order valence-corrected chi connectivity index (χ1v) is 11.0. The van der Waals surface area contributed by atoms with Crippen molar-refractivity contribution in [1.82, 2.24) is 15.2 Å². The molecule has 7 nitrogen and oxygen atoms in total. The van der Waals surface area contributed by atoms with Crippen LogP contribution in [0.2, 0.25) is 0 Å². The van der Waals surface area contributed by atoms with Gasteiger partial charge in [0.15, 0.2) is 5.78 Å². The summed E-state index contributed by atoms with van der Waals surface area (Å²) in [6.07, 6.45) is 4.02. The van der Waals surface area contributed by atoms with Crippen LogP contribution < -0.4 is 9.97 Å². The van der Waals surface area contributed by atoms with Crippen molar-refractivity contribution in [2.45, 2.75) is 38.9 Å². The minimum atomic E-state index is -1.23. The lowest BCUT2D eigenvalue weighted by Gasteiger charge is -2.29. The van der Waals surface area contributed by atoms with Crippen LogP contribution in [0.4, 0.5) is 0 Å². The van der Waals surface area contributed by atoms with Gasteiger partial charge in [-0.1, -0.05) is 24.3 Å². The number of rotatable bonds is 5. The molecule has 3 heterocycles. The second-order valence-electron chi connectivity index (χ2n) is 8.63. The number of hydrogen-bond donors (Lipinski definition) is 2. The molecule has 1 amide bonds. The van der Waals surface area contributed by atoms with Crippen molar-refractivity contribution in [2.24, 2.45) is 0 Å². The number of benzene rings is 2. The third-order valence-corrected chi connectivity index (χ3v) is 6.20. The van der Waals surface area contributed by atoms with E-state index in [0.29, 0.717) is 23.3 Å². The number of carbonyl (C=O) groups excluding carboxylic acids is 2. The van der Waals surface area contributed by atoms with Crippen molar-refractivity contribution in [3.63, 3.8) is 0 Å². The zero-order valence-electron chi connectivity index (χ0n) is 18.3. The molecule has 0 spiro atoms. The van der Waals surface area contributed by atoms with Crippen molar-refractivity contribution in [3.8, 4) is 5.75 Å². The molecule has 0 radical (unpaired) electrons. The van der Waals surface area contributed by atoms with Crippen LogP contribution in [-0.4, -0.2) is 39.7 Å². The molecule has 0 bridgehead atoms. The number of nitrogens with one attached hydrogen (secondary N) is 1. The molecule has 0 fully saturated rings. The first kappa shape index (κ1) is 21.4. The van der Waals surface area contributed by atoms with Gasteiger partial charge in [0, 0.05) is 37.6 Å². The minimum Gasteiger partial charge on any atom is -0.534 e. The first-order chi connectivity index (χ1) is 16.0. The van der Waals surface area contributed by atoms with Gasteiger partial charge in [-0.3, -0.25) is 19.5 Å². The Kier molecular flexibility index (Phi) is 5.70. The third-order valence-electron chi connectivity index (χ3n) is 6.20. The standard InChI is InChI=1S/C25H24BN3O4/c1-16(30)22-6-2-5-18-11-23(26(32)33-24(18)22)28-25(31)19-7-8-20-14-29(15-21(20)10-19)13-17-4-3-9-27-12-17/h2-10,12,23,32H,11,13-15H2,1H3,(H,28,31)/t23-/m0/s1. The van der Waals surface area contributed by atoms with Crippen LogP contribution in [0.25, 0.3) is 0 Å². The summed E-state index contributed by atoms with van der Waals surface area (Å²) in [4.78, 5) is 31.3. The van der Waals surface area contributed by atoms with Crippen molar-refractivity contribution < 1.29 is 19.3 Å². The fraction of sp³-hybridized carbons (Fsp3) is 0.240. The Morgan fingerprint density at radius 2 is 2.00 bits per heavy atom. The molecule has 2 aliphatic heterocycles. The van der Waals surface area contributed by atoms with Gasteiger partial charge < -0.3 is 15.0 Å². The van der Waals surface area contributed by atoms with E-state index in [1.54, 1.807) is 18.3 Å². The average molecular weight is 441 g/mol. The SMILES string of the molecule is CC(=O)c1cccc2c1OB(O)[C@@H](NC(=O)c1ccc3c(c1)CN(Cc1cccnc1)C3)C2. The first-order valence-electron chi connectivity index (χ1n) is 11.0. The number of carbonyl (C=O) groups is 2. The summed E-state index contributed by atoms with van der Waals surface area (Å²) in [6, 6.07) is 15.0. The van der Waals surface area contributed by atoms with Crippen LogP contribution >= 0.6 is 0 Å². The van der Waals surface area contributed by atoms with Crippen LogP contribution in [0.3, 0.4) is 0 Å². The number of Topliss-reactive ketones (excluding diaryl/α,β-unsaturated/α-hetero) is 1. The van der Waals surface area contributed by atoms with Gasteiger partial charge in [0.25, 0.3) is 5.91 Å². The summed E-state index contributed by atoms with van der Waals surface area (Å²) in [7, 11) is -1.23. The maximum Gasteiger partial charge on any atom is 0.547 e. The monoisotopic (exact) mass is 441 g/mol. The lowest BCUT2D eigenvalue weighted by molar-refractivity contribution is 0.0938. The molecule has 1 aromatic heterocycles. The maximum atomic E-state index is 13.0. The molecule has 0 unspecified atom stereocenters. The molecule has 1 atom stereocenters. The number of pyridine rings is 1. The zero-order valence-corrected chi connectivity index (χ0v) is 18.3. The molecule has 0 saturated heterocycles. The number of amides is 1. The Labute approximate surface area is 192 Å². The predicted molar refractivity (Wildman–Crippen MR) is 124 cm³/mol. The largest absolute Gasteiger partial charge is 0.547 e. The number of aromatic nitrogens is 1. The lowest BCUT2D eigenvalue weighted by atomic mass is 9.72. The topological polar surface area (TPSA) is 91.8 Å². The van der Waals surface area contributed by atoms with Gasteiger partial charge in [0.05, 0.1) is 11.5 Å². The summed E-state index contributed by atoms with van der Waals surface area (Å²) in [5.41, 5.74) is 5.27. The average Bonchev–Trinajstić information content (AvgIpc) is 3.21. The van der Waals surface area contributed by atoms with Crippen molar-refractivity contribution in [2.75, 3.05) is 0 Å². The number of nitrogens with zero attached hydrogens (tertiary/aromatic N) is 2. The van der Waals surface area contributed by atoms with E-state index in [1.165, 1.54) is 12.5 Å². The highest BCUT2D eigenvalue weighted by Gasteiger charge is 2.37. The Morgan fingerprint density at radius 3 is 2.79 bits per heavy atom. The van der Waals surface area contributed by atoms with E-state index in [1.807, 2.05) is 36.5 Å². The van der Waals surface area contributed by atoms with Crippen molar-refractivity contribution in [1.29, 1.82) is 0 Å². The van der Waals surface area contributed by atoms with Crippen molar-refractivity contribution >= 4 is 18.8 Å². The summed E-state index contributed by atoms with van der Waals surface area (Å²) >= 11 is 0. The van der Waals surface area contributed by atoms with Gasteiger partial charge in [-0.05, 0) is 59.9 Å². The maximum absolute atomic E-state index is 13.0. The fourth-order valence-electron chi connectivity index (χ4n) is 4.54. The quantitative estimate of drug-likeness (QED) is 0.467. The van der Waals surface area contributed by atoms with E-state index in [4.69, 9.17) is 4.65 Å². The molecule has 8 heteroatoms. The number of hydrogen-bond acceptors (Lipinski definition) is 6. The molecule has 3 aromatic rings. The van der Waals surface area contributed by atoms with E-state index in [2.05, 4.69) is 21.3 Å². The number of ketones is 1. The van der Waals surface area contributed by atoms with Crippen LogP contribution in [0, 0.1) is 0 Å². The second kappa shape index (κ2) is 8.81. The highest BCUT2D eigenvalue weighted by atomic mass is 16.5. The highest BCUT2D eigenvalue weighted by molar-refractivity contribution is 6.47. The van der Waals surface area contributed by atoms with Gasteiger partial charge >= 0.3 is 7.12 Å². The van der Waals surface area contributed by atoms with E-state index in [-0.39, 0.29) is 11.7 Å². The van der Waals surface area contributed by atoms with Crippen LogP contribution in [0.5, 0.6) is 5.75 Å². The van der Waals surface area contributed by atoms with Crippen LogP contribution in [-0.2, 0) is 26.1 Å². The fourth-order valence-corrected chi connectivity index (χ4v) is 4.54. The molecular weight excluding hydrogens is 417 g/mol. The molecule has 2 aromatic carbocycles. The molecule has 0 aliphatic carbocycles. The van der Waals surface area contributed by atoms with Gasteiger partial charge in [-0.25, -0.2) is 0 Å². The van der Waals surface area contributed by atoms with Gasteiger partial charge in [-0.2, -0.15) is 0 Å². The van der Waals surface area contributed by atoms with Crippen LogP contribution in [0.1, 0.15) is 49.9 Å². The molecular formula is C25H24BN3O4. The highest BCUT2D eigenvalue weighted by Crippen LogP contribution is 2.31. The molecule has 0 saturated carbocycles. The van der Waals surface area contributed by atoms with E-state index in [9.17, 15) is 14.6 Å². The van der Waals surface area contributed by atoms with E-state index in [0.717, 1.165) is 36.3 Å². The van der Waals surface area contributed by atoms with Gasteiger partial charge in [0.2, 0.25) is 0 Å². The summed E-state index contributed by atoms with van der Waals surface area (Å²) in [5.74, 6) is -0.601. The number of para-hydroxylation sites is 1. The summed E-state index contributed by atoms with van der Waals surface area (Å²) in [5, 5.41) is 13.4. The van der Waals surface area contributed by atoms with Gasteiger partial charge in [0.1, 0.15) is 5.75 Å². The molecule has 5 rings (SSSR count). The molecule has 2 N–H and O–H groups in total. The normalized spacial score (nSPS) is 17.2. The Balaban J connectivity index is 1.27. The van der Waals surface area contributed by atoms with Crippen LogP contribution in [0.15, 0.2) is 60.9 Å². The minimum absolute atomic E-state index is 0.128. The van der Waals surface area contributed by atoms with Gasteiger partial charge in [-0.15, -0.1) is 0 Å². The Hall–Kier alpha value is -3.49. The second-order valence-corrected chi connectivity index (χ2v) is 8.63. The molecule has 2 aliphatic rings. The molecule has 33 heavy (non-hydrogen) atoms. The predicted octanol–water partition coefficient (Wildman–Crippen LogP) is 2.55. The smallest absolute Gasteiger partial charge is 0.534 e. The summed E-state index contributed by atoms with van der Waals surface area (Å²) < 4.78 is 5.63. The molecule has 166 valence electrons. The van der Waals surface area contributed by atoms with E-state index < -0.39 is 13.1 Å².